The number of benzene rings is 1. The molecular formula is C15H21ClN2O. The van der Waals surface area contributed by atoms with Crippen LogP contribution in [0, 0.1) is 0 Å². The lowest BCUT2D eigenvalue weighted by molar-refractivity contribution is -0.129. The summed E-state index contributed by atoms with van der Waals surface area (Å²) in [6, 6.07) is 7.57. The summed E-state index contributed by atoms with van der Waals surface area (Å²) < 4.78 is 0. The maximum Gasteiger partial charge on any atom is 0.156 e. The molecule has 104 valence electrons. The van der Waals surface area contributed by atoms with Gasteiger partial charge in [-0.1, -0.05) is 29.8 Å². The van der Waals surface area contributed by atoms with Crippen molar-refractivity contribution >= 4 is 17.4 Å². The fourth-order valence-corrected chi connectivity index (χ4v) is 2.63. The Morgan fingerprint density at radius 1 is 1.32 bits per heavy atom. The number of nitrogens with one attached hydrogen (secondary N) is 1. The van der Waals surface area contributed by atoms with Crippen molar-refractivity contribution in [3.63, 3.8) is 0 Å². The molecule has 4 heteroatoms. The summed E-state index contributed by atoms with van der Waals surface area (Å²) in [6.07, 6.45) is 0.399. The van der Waals surface area contributed by atoms with Gasteiger partial charge < -0.3 is 5.32 Å². The van der Waals surface area contributed by atoms with Gasteiger partial charge >= 0.3 is 0 Å². The quantitative estimate of drug-likeness (QED) is 0.917. The Kier molecular flexibility index (Phi) is 4.61. The number of nitrogens with zero attached hydrogens (tertiary/aromatic N) is 1. The largest absolute Gasteiger partial charge is 0.314 e. The van der Waals surface area contributed by atoms with Crippen LogP contribution in [0.5, 0.6) is 0 Å². The first-order chi connectivity index (χ1) is 9.01. The average Bonchev–Trinajstić information content (AvgIpc) is 2.42. The molecule has 0 radical (unpaired) electrons. The molecule has 0 amide bonds. The van der Waals surface area contributed by atoms with Crippen molar-refractivity contribution in [3.8, 4) is 0 Å². The molecule has 0 unspecified atom stereocenters. The second-order valence-electron chi connectivity index (χ2n) is 5.49. The maximum atomic E-state index is 12.6. The summed E-state index contributed by atoms with van der Waals surface area (Å²) in [5.41, 5.74) is 0.485. The number of rotatable bonds is 4. The molecule has 1 fully saturated rings. The van der Waals surface area contributed by atoms with Gasteiger partial charge in [0.25, 0.3) is 0 Å². The molecule has 1 aliphatic rings. The van der Waals surface area contributed by atoms with E-state index in [-0.39, 0.29) is 5.78 Å². The Balaban J connectivity index is 2.08. The van der Waals surface area contributed by atoms with Crippen molar-refractivity contribution in [2.24, 2.45) is 0 Å². The van der Waals surface area contributed by atoms with Crippen molar-refractivity contribution < 1.29 is 4.79 Å². The zero-order valence-corrected chi connectivity index (χ0v) is 12.3. The predicted octanol–water partition coefficient (Wildman–Crippen LogP) is 2.14. The van der Waals surface area contributed by atoms with E-state index >= 15 is 0 Å². The molecule has 1 N–H and O–H groups in total. The Hall–Kier alpha value is -0.900. The number of hydrogen-bond donors (Lipinski definition) is 1. The zero-order valence-electron chi connectivity index (χ0n) is 11.6. The lowest BCUT2D eigenvalue weighted by Gasteiger charge is -2.40. The number of ketones is 1. The third-order valence-electron chi connectivity index (χ3n) is 3.90. The van der Waals surface area contributed by atoms with Gasteiger partial charge in [0.2, 0.25) is 0 Å². The summed E-state index contributed by atoms with van der Waals surface area (Å²) in [7, 11) is 0. The van der Waals surface area contributed by atoms with Gasteiger partial charge in [0.05, 0.1) is 5.54 Å². The third-order valence-corrected chi connectivity index (χ3v) is 4.27. The number of piperazine rings is 1. The highest BCUT2D eigenvalue weighted by Crippen LogP contribution is 2.22. The first kappa shape index (κ1) is 14.5. The number of carbonyl (C=O) groups excluding carboxylic acids is 1. The lowest BCUT2D eigenvalue weighted by atomic mass is 9.91. The van der Waals surface area contributed by atoms with E-state index in [1.54, 1.807) is 0 Å². The molecule has 1 saturated heterocycles. The fourth-order valence-electron chi connectivity index (χ4n) is 2.43. The van der Waals surface area contributed by atoms with Crippen molar-refractivity contribution in [1.29, 1.82) is 0 Å². The van der Waals surface area contributed by atoms with Gasteiger partial charge in [-0.3, -0.25) is 9.69 Å². The van der Waals surface area contributed by atoms with E-state index in [1.165, 1.54) is 0 Å². The van der Waals surface area contributed by atoms with Crippen LogP contribution in [-0.4, -0.2) is 42.4 Å². The predicted molar refractivity (Wildman–Crippen MR) is 78.7 cm³/mol. The molecule has 2 rings (SSSR count). The summed E-state index contributed by atoms with van der Waals surface area (Å²) >= 11 is 6.13. The summed E-state index contributed by atoms with van der Waals surface area (Å²) in [5.74, 6) is 0.225. The summed E-state index contributed by atoms with van der Waals surface area (Å²) in [6.45, 7) is 7.75. The molecule has 1 aromatic carbocycles. The molecule has 1 heterocycles. The summed E-state index contributed by atoms with van der Waals surface area (Å²) in [4.78, 5) is 14.8. The molecule has 0 atom stereocenters. The molecule has 1 aromatic rings. The van der Waals surface area contributed by atoms with Crippen LogP contribution in [0.25, 0.3) is 0 Å². The van der Waals surface area contributed by atoms with Crippen LogP contribution in [0.1, 0.15) is 19.4 Å². The van der Waals surface area contributed by atoms with Crippen LogP contribution >= 0.6 is 11.6 Å². The van der Waals surface area contributed by atoms with E-state index in [0.717, 1.165) is 31.7 Å². The number of hydrogen-bond acceptors (Lipinski definition) is 3. The molecule has 3 nitrogen and oxygen atoms in total. The van der Waals surface area contributed by atoms with Gasteiger partial charge in [-0.15, -0.1) is 0 Å². The van der Waals surface area contributed by atoms with Crippen LogP contribution < -0.4 is 5.32 Å². The molecule has 0 aromatic heterocycles. The number of carbonyl (C=O) groups is 1. The normalized spacial score (nSPS) is 17.4. The smallest absolute Gasteiger partial charge is 0.156 e. The standard InChI is InChI=1S/C15H21ClN2O/c1-15(2,18-9-7-17-8-10-18)14(19)11-12-5-3-4-6-13(12)16/h3-6,17H,7-11H2,1-2H3. The highest BCUT2D eigenvalue weighted by Gasteiger charge is 2.34. The third kappa shape index (κ3) is 3.35. The molecule has 1 aliphatic heterocycles. The highest BCUT2D eigenvalue weighted by atomic mass is 35.5. The van der Waals surface area contributed by atoms with Crippen molar-refractivity contribution in [3.05, 3.63) is 34.9 Å². The van der Waals surface area contributed by atoms with E-state index in [2.05, 4.69) is 10.2 Å². The van der Waals surface area contributed by atoms with E-state index in [0.29, 0.717) is 11.4 Å². The molecule has 0 saturated carbocycles. The lowest BCUT2D eigenvalue weighted by Crippen LogP contribution is -2.57. The Bertz CT molecular complexity index is 453. The van der Waals surface area contributed by atoms with Gasteiger partial charge in [-0.2, -0.15) is 0 Å². The fraction of sp³-hybridized carbons (Fsp3) is 0.533. The van der Waals surface area contributed by atoms with Crippen LogP contribution in [0.15, 0.2) is 24.3 Å². The minimum Gasteiger partial charge on any atom is -0.314 e. The molecular weight excluding hydrogens is 260 g/mol. The van der Waals surface area contributed by atoms with Crippen LogP contribution in [-0.2, 0) is 11.2 Å². The van der Waals surface area contributed by atoms with Crippen molar-refractivity contribution in [2.45, 2.75) is 25.8 Å². The van der Waals surface area contributed by atoms with E-state index in [4.69, 9.17) is 11.6 Å². The molecule has 0 aliphatic carbocycles. The van der Waals surface area contributed by atoms with Crippen molar-refractivity contribution in [1.82, 2.24) is 10.2 Å². The van der Waals surface area contributed by atoms with Crippen molar-refractivity contribution in [2.75, 3.05) is 26.2 Å². The Labute approximate surface area is 119 Å². The second-order valence-corrected chi connectivity index (χ2v) is 5.89. The summed E-state index contributed by atoms with van der Waals surface area (Å²) in [5, 5.41) is 3.98. The Morgan fingerprint density at radius 3 is 2.58 bits per heavy atom. The minimum absolute atomic E-state index is 0.225. The van der Waals surface area contributed by atoms with Gasteiger partial charge in [0.15, 0.2) is 5.78 Å². The molecule has 0 bridgehead atoms. The van der Waals surface area contributed by atoms with E-state index < -0.39 is 5.54 Å². The van der Waals surface area contributed by atoms with Gasteiger partial charge in [0.1, 0.15) is 0 Å². The molecule has 0 spiro atoms. The van der Waals surface area contributed by atoms with E-state index in [1.807, 2.05) is 38.1 Å². The average molecular weight is 281 g/mol. The first-order valence-electron chi connectivity index (χ1n) is 6.74. The second kappa shape index (κ2) is 6.04. The van der Waals surface area contributed by atoms with Crippen LogP contribution in [0.3, 0.4) is 0 Å². The van der Waals surface area contributed by atoms with Gasteiger partial charge in [0, 0.05) is 37.6 Å². The maximum absolute atomic E-state index is 12.6. The van der Waals surface area contributed by atoms with Crippen LogP contribution in [0.2, 0.25) is 5.02 Å². The Morgan fingerprint density at radius 2 is 1.95 bits per heavy atom. The zero-order chi connectivity index (χ0) is 13.9. The molecule has 19 heavy (non-hydrogen) atoms. The SMILES string of the molecule is CC(C)(C(=O)Cc1ccccc1Cl)N1CCNCC1. The number of Topliss-reactive ketones (excluding diaryl/α,β-unsaturated/α-hetero) is 1. The van der Waals surface area contributed by atoms with Gasteiger partial charge in [-0.05, 0) is 25.5 Å². The first-order valence-corrected chi connectivity index (χ1v) is 7.12. The minimum atomic E-state index is -0.429. The van der Waals surface area contributed by atoms with Crippen LogP contribution in [0.4, 0.5) is 0 Å². The highest BCUT2D eigenvalue weighted by molar-refractivity contribution is 6.31. The number of halogens is 1. The van der Waals surface area contributed by atoms with Gasteiger partial charge in [-0.25, -0.2) is 0 Å². The van der Waals surface area contributed by atoms with E-state index in [9.17, 15) is 4.79 Å². The monoisotopic (exact) mass is 280 g/mol. The topological polar surface area (TPSA) is 32.3 Å².